The highest BCUT2D eigenvalue weighted by atomic mass is 127. The Labute approximate surface area is 174 Å². The molecule has 1 aromatic heterocycles. The van der Waals surface area contributed by atoms with Crippen LogP contribution in [0.1, 0.15) is 25.0 Å². The SMILES string of the molecule is CC1(C)C(=O)N(c2c(F)cc(C#Cc3ccccc3)cc2F)c2ncc(I)n21. The lowest BCUT2D eigenvalue weighted by molar-refractivity contribution is -0.123. The summed E-state index contributed by atoms with van der Waals surface area (Å²) in [5, 5.41) is 0. The van der Waals surface area contributed by atoms with E-state index in [0.717, 1.165) is 22.6 Å². The van der Waals surface area contributed by atoms with E-state index in [1.165, 1.54) is 0 Å². The third-order valence-electron chi connectivity index (χ3n) is 4.55. The standard InChI is InChI=1S/C21H14F2IN3O/c1-21(2)19(28)26(20-25-12-17(24)27(20)21)18-15(22)10-14(11-16(18)23)9-8-13-6-4-3-5-7-13/h3-7,10-12H,1-2H3. The molecule has 0 saturated heterocycles. The summed E-state index contributed by atoms with van der Waals surface area (Å²) >= 11 is 2.04. The second kappa shape index (κ2) is 6.71. The number of carbonyl (C=O) groups excluding carboxylic acids is 1. The first-order chi connectivity index (χ1) is 13.3. The number of hydrogen-bond acceptors (Lipinski definition) is 2. The Morgan fingerprint density at radius 1 is 1.04 bits per heavy atom. The summed E-state index contributed by atoms with van der Waals surface area (Å²) in [4.78, 5) is 18.1. The highest BCUT2D eigenvalue weighted by Gasteiger charge is 2.48. The topological polar surface area (TPSA) is 38.1 Å². The first kappa shape index (κ1) is 18.6. The predicted molar refractivity (Wildman–Crippen MR) is 110 cm³/mol. The third-order valence-corrected chi connectivity index (χ3v) is 5.31. The third kappa shape index (κ3) is 2.88. The Bertz CT molecular complexity index is 1140. The van der Waals surface area contributed by atoms with E-state index in [2.05, 4.69) is 16.8 Å². The second-order valence-electron chi connectivity index (χ2n) is 6.82. The summed E-state index contributed by atoms with van der Waals surface area (Å²) in [7, 11) is 0. The Kier molecular flexibility index (Phi) is 4.46. The van der Waals surface area contributed by atoms with E-state index in [0.29, 0.717) is 3.70 Å². The van der Waals surface area contributed by atoms with Crippen LogP contribution in [-0.2, 0) is 10.3 Å². The van der Waals surface area contributed by atoms with Crippen molar-refractivity contribution in [2.45, 2.75) is 19.4 Å². The number of halogens is 3. The minimum atomic E-state index is -0.993. The summed E-state index contributed by atoms with van der Waals surface area (Å²) in [6.45, 7) is 3.39. The van der Waals surface area contributed by atoms with Gasteiger partial charge in [0, 0.05) is 11.1 Å². The van der Waals surface area contributed by atoms with Crippen LogP contribution in [0.5, 0.6) is 0 Å². The van der Waals surface area contributed by atoms with Crippen LogP contribution in [0.4, 0.5) is 20.4 Å². The Balaban J connectivity index is 1.78. The number of anilines is 2. The van der Waals surface area contributed by atoms with E-state index >= 15 is 0 Å². The van der Waals surface area contributed by atoms with Gasteiger partial charge in [0.15, 0.2) is 11.6 Å². The van der Waals surface area contributed by atoms with E-state index in [4.69, 9.17) is 0 Å². The van der Waals surface area contributed by atoms with Crippen molar-refractivity contribution in [3.63, 3.8) is 0 Å². The van der Waals surface area contributed by atoms with Gasteiger partial charge in [-0.2, -0.15) is 0 Å². The van der Waals surface area contributed by atoms with Gasteiger partial charge in [0.05, 0.1) is 6.20 Å². The summed E-state index contributed by atoms with van der Waals surface area (Å²) < 4.78 is 32.1. The molecule has 0 N–H and O–H groups in total. The molecule has 0 radical (unpaired) electrons. The molecule has 0 fully saturated rings. The molecule has 4 rings (SSSR count). The smallest absolute Gasteiger partial charge is 0.259 e. The average Bonchev–Trinajstić information content (AvgIpc) is 3.13. The maximum atomic E-state index is 14.9. The number of carbonyl (C=O) groups is 1. The van der Waals surface area contributed by atoms with Crippen LogP contribution in [0, 0.1) is 27.2 Å². The number of fused-ring (bicyclic) bond motifs is 1. The first-order valence-corrected chi connectivity index (χ1v) is 9.53. The fourth-order valence-corrected chi connectivity index (χ4v) is 4.13. The van der Waals surface area contributed by atoms with E-state index in [9.17, 15) is 13.6 Å². The van der Waals surface area contributed by atoms with Gasteiger partial charge in [0.1, 0.15) is 14.9 Å². The largest absolute Gasteiger partial charge is 0.290 e. The van der Waals surface area contributed by atoms with Gasteiger partial charge < -0.3 is 0 Å². The normalized spacial score (nSPS) is 14.6. The summed E-state index contributed by atoms with van der Waals surface area (Å²) in [5.74, 6) is 3.63. The second-order valence-corrected chi connectivity index (χ2v) is 7.93. The molecule has 140 valence electrons. The van der Waals surface area contributed by atoms with Gasteiger partial charge in [-0.15, -0.1) is 0 Å². The Morgan fingerprint density at radius 3 is 2.29 bits per heavy atom. The maximum absolute atomic E-state index is 14.9. The Morgan fingerprint density at radius 2 is 1.64 bits per heavy atom. The first-order valence-electron chi connectivity index (χ1n) is 8.45. The summed E-state index contributed by atoms with van der Waals surface area (Å²) in [5.41, 5.74) is -0.511. The van der Waals surface area contributed by atoms with Gasteiger partial charge in [-0.3, -0.25) is 9.36 Å². The molecule has 2 aromatic carbocycles. The molecule has 1 aliphatic heterocycles. The lowest BCUT2D eigenvalue weighted by atomic mass is 10.0. The number of imidazole rings is 1. The van der Waals surface area contributed by atoms with E-state index in [1.807, 2.05) is 40.8 Å². The number of rotatable bonds is 1. The highest BCUT2D eigenvalue weighted by Crippen LogP contribution is 2.42. The van der Waals surface area contributed by atoms with Gasteiger partial charge in [0.25, 0.3) is 5.91 Å². The molecule has 0 spiro atoms. The van der Waals surface area contributed by atoms with Gasteiger partial charge in [-0.1, -0.05) is 30.0 Å². The molecule has 0 aliphatic carbocycles. The van der Waals surface area contributed by atoms with E-state index < -0.39 is 28.8 Å². The molecule has 0 bridgehead atoms. The fourth-order valence-electron chi connectivity index (χ4n) is 3.18. The van der Waals surface area contributed by atoms with Crippen molar-refractivity contribution in [3.8, 4) is 11.8 Å². The molecular weight excluding hydrogens is 475 g/mol. The van der Waals surface area contributed by atoms with Crippen LogP contribution >= 0.6 is 22.6 Å². The van der Waals surface area contributed by atoms with Crippen LogP contribution in [0.15, 0.2) is 48.7 Å². The van der Waals surface area contributed by atoms with Crippen molar-refractivity contribution < 1.29 is 13.6 Å². The number of hydrogen-bond donors (Lipinski definition) is 0. The van der Waals surface area contributed by atoms with Gasteiger partial charge in [-0.05, 0) is 60.7 Å². The van der Waals surface area contributed by atoms with Crippen LogP contribution in [-0.4, -0.2) is 15.5 Å². The van der Waals surface area contributed by atoms with Crippen molar-refractivity contribution in [3.05, 3.63) is 75.1 Å². The lowest BCUT2D eigenvalue weighted by Crippen LogP contribution is -2.37. The molecular formula is C21H14F2IN3O. The molecule has 28 heavy (non-hydrogen) atoms. The monoisotopic (exact) mass is 489 g/mol. The zero-order chi connectivity index (χ0) is 20.1. The molecule has 4 nitrogen and oxygen atoms in total. The van der Waals surface area contributed by atoms with Crippen LogP contribution in [0.3, 0.4) is 0 Å². The van der Waals surface area contributed by atoms with Gasteiger partial charge >= 0.3 is 0 Å². The average molecular weight is 489 g/mol. The molecule has 0 saturated carbocycles. The minimum absolute atomic E-state index is 0.187. The van der Waals surface area contributed by atoms with Crippen LogP contribution in [0.2, 0.25) is 0 Å². The zero-order valence-electron chi connectivity index (χ0n) is 15.0. The Hall–Kier alpha value is -2.73. The van der Waals surface area contributed by atoms with Crippen LogP contribution in [0.25, 0.3) is 0 Å². The van der Waals surface area contributed by atoms with Crippen molar-refractivity contribution in [2.24, 2.45) is 0 Å². The van der Waals surface area contributed by atoms with Gasteiger partial charge in [0.2, 0.25) is 5.95 Å². The molecule has 7 heteroatoms. The van der Waals surface area contributed by atoms with Crippen molar-refractivity contribution in [2.75, 3.05) is 4.90 Å². The number of aromatic nitrogens is 2. The number of amides is 1. The summed E-state index contributed by atoms with van der Waals surface area (Å²) in [6, 6.07) is 11.4. The molecule has 2 heterocycles. The number of benzene rings is 2. The summed E-state index contributed by atoms with van der Waals surface area (Å²) in [6.07, 6.45) is 1.56. The molecule has 1 amide bonds. The van der Waals surface area contributed by atoms with E-state index in [-0.39, 0.29) is 11.5 Å². The highest BCUT2D eigenvalue weighted by molar-refractivity contribution is 14.1. The molecule has 3 aromatic rings. The van der Waals surface area contributed by atoms with Gasteiger partial charge in [-0.25, -0.2) is 18.7 Å². The predicted octanol–water partition coefficient (Wildman–Crippen LogP) is 4.58. The van der Waals surface area contributed by atoms with Crippen molar-refractivity contribution in [1.82, 2.24) is 9.55 Å². The van der Waals surface area contributed by atoms with Crippen LogP contribution < -0.4 is 4.90 Å². The fraction of sp³-hybridized carbons (Fsp3) is 0.143. The van der Waals surface area contributed by atoms with E-state index in [1.54, 1.807) is 36.7 Å². The lowest BCUT2D eigenvalue weighted by Gasteiger charge is -2.21. The quantitative estimate of drug-likeness (QED) is 0.371. The van der Waals surface area contributed by atoms with Crippen molar-refractivity contribution in [1.29, 1.82) is 0 Å². The minimum Gasteiger partial charge on any atom is -0.290 e. The molecule has 1 aliphatic rings. The zero-order valence-corrected chi connectivity index (χ0v) is 17.2. The molecule has 0 unspecified atom stereocenters. The maximum Gasteiger partial charge on any atom is 0.259 e. The number of nitrogens with zero attached hydrogens (tertiary/aromatic N) is 3. The van der Waals surface area contributed by atoms with Crippen molar-refractivity contribution >= 4 is 40.1 Å². The molecule has 0 atom stereocenters.